The average Bonchev–Trinajstić information content (AvgIpc) is 2.63. The summed E-state index contributed by atoms with van der Waals surface area (Å²) >= 11 is 0. The minimum Gasteiger partial charge on any atom is -0.464 e. The maximum atomic E-state index is 12.3. The van der Waals surface area contributed by atoms with Crippen LogP contribution in [0.4, 0.5) is 4.79 Å². The van der Waals surface area contributed by atoms with Crippen molar-refractivity contribution in [2.24, 2.45) is 5.92 Å². The van der Waals surface area contributed by atoms with Gasteiger partial charge in [-0.3, -0.25) is 0 Å². The molecule has 0 aromatic heterocycles. The minimum atomic E-state index is -0.637. The molecule has 0 bridgehead atoms. The van der Waals surface area contributed by atoms with Crippen LogP contribution in [-0.4, -0.2) is 31.3 Å². The van der Waals surface area contributed by atoms with Crippen molar-refractivity contribution in [3.05, 3.63) is 0 Å². The molecule has 0 saturated carbocycles. The second-order valence-electron chi connectivity index (χ2n) is 7.08. The van der Waals surface area contributed by atoms with Gasteiger partial charge in [-0.1, -0.05) is 85.0 Å². The summed E-state index contributed by atoms with van der Waals surface area (Å²) in [5.41, 5.74) is 0. The van der Waals surface area contributed by atoms with E-state index in [1.165, 1.54) is 51.4 Å². The maximum Gasteiger partial charge on any atom is 0.407 e. The fourth-order valence-corrected chi connectivity index (χ4v) is 2.82. The molecule has 5 nitrogen and oxygen atoms in total. The van der Waals surface area contributed by atoms with Gasteiger partial charge in [0.15, 0.2) is 0 Å². The Bertz CT molecular complexity index is 360. The fourth-order valence-electron chi connectivity index (χ4n) is 2.82. The molecule has 154 valence electrons. The van der Waals surface area contributed by atoms with E-state index in [1.54, 1.807) is 6.92 Å². The van der Waals surface area contributed by atoms with E-state index in [-0.39, 0.29) is 18.5 Å². The normalized spacial score (nSPS) is 13.1. The van der Waals surface area contributed by atoms with Gasteiger partial charge in [0.25, 0.3) is 0 Å². The van der Waals surface area contributed by atoms with E-state index in [0.29, 0.717) is 6.61 Å². The number of hydrogen-bond donors (Lipinski definition) is 1. The van der Waals surface area contributed by atoms with E-state index >= 15 is 0 Å². The molecular weight excluding hydrogens is 330 g/mol. The van der Waals surface area contributed by atoms with Crippen LogP contribution in [0.2, 0.25) is 0 Å². The lowest BCUT2D eigenvalue weighted by molar-refractivity contribution is -0.147. The molecule has 0 aliphatic carbocycles. The monoisotopic (exact) mass is 371 g/mol. The quantitative estimate of drug-likeness (QED) is 0.283. The predicted octanol–water partition coefficient (Wildman–Crippen LogP) is 5.61. The van der Waals surface area contributed by atoms with Crippen LogP contribution >= 0.6 is 0 Å². The summed E-state index contributed by atoms with van der Waals surface area (Å²) in [5, 5.41) is 2.62. The van der Waals surface area contributed by atoms with Gasteiger partial charge < -0.3 is 14.8 Å². The summed E-state index contributed by atoms with van der Waals surface area (Å²) in [7, 11) is 0. The smallest absolute Gasteiger partial charge is 0.407 e. The number of alkyl carbamates (subject to hydrolysis) is 1. The van der Waals surface area contributed by atoms with Gasteiger partial charge in [0.05, 0.1) is 13.2 Å². The van der Waals surface area contributed by atoms with Crippen molar-refractivity contribution in [2.45, 2.75) is 104 Å². The van der Waals surface area contributed by atoms with Gasteiger partial charge in [0, 0.05) is 0 Å². The summed E-state index contributed by atoms with van der Waals surface area (Å²) in [5.74, 6) is -0.344. The van der Waals surface area contributed by atoms with Crippen molar-refractivity contribution in [2.75, 3.05) is 13.2 Å². The fraction of sp³-hybridized carbons (Fsp3) is 0.905. The van der Waals surface area contributed by atoms with Crippen molar-refractivity contribution in [1.82, 2.24) is 5.32 Å². The molecule has 26 heavy (non-hydrogen) atoms. The van der Waals surface area contributed by atoms with Crippen LogP contribution in [0.15, 0.2) is 0 Å². The van der Waals surface area contributed by atoms with Gasteiger partial charge in [-0.25, -0.2) is 9.59 Å². The third kappa shape index (κ3) is 13.0. The molecule has 5 heteroatoms. The first-order valence-corrected chi connectivity index (χ1v) is 10.7. The first-order valence-electron chi connectivity index (χ1n) is 10.7. The predicted molar refractivity (Wildman–Crippen MR) is 106 cm³/mol. The van der Waals surface area contributed by atoms with Crippen LogP contribution < -0.4 is 5.32 Å². The van der Waals surface area contributed by atoms with Crippen LogP contribution in [0.1, 0.15) is 98.3 Å². The standard InChI is InChI=1S/C21H41NO4/c1-5-8-9-10-11-12-13-14-15-16-17-26-20(23)19(18(4)6-2)22-21(24)25-7-3/h18-19H,5-17H2,1-4H3,(H,22,24)/t18?,19-/m0/s1. The van der Waals surface area contributed by atoms with E-state index in [0.717, 1.165) is 19.3 Å². The molecule has 0 rings (SSSR count). The van der Waals surface area contributed by atoms with Crippen molar-refractivity contribution in [3.8, 4) is 0 Å². The Morgan fingerprint density at radius 1 is 0.808 bits per heavy atom. The van der Waals surface area contributed by atoms with E-state index < -0.39 is 12.1 Å². The van der Waals surface area contributed by atoms with Crippen LogP contribution in [0, 0.1) is 5.92 Å². The van der Waals surface area contributed by atoms with Crippen LogP contribution in [0.3, 0.4) is 0 Å². The highest BCUT2D eigenvalue weighted by molar-refractivity contribution is 5.81. The molecule has 0 aliphatic rings. The Morgan fingerprint density at radius 2 is 1.35 bits per heavy atom. The van der Waals surface area contributed by atoms with E-state index in [1.807, 2.05) is 13.8 Å². The van der Waals surface area contributed by atoms with Gasteiger partial charge in [-0.15, -0.1) is 0 Å². The minimum absolute atomic E-state index is 0.0135. The number of rotatable bonds is 16. The molecular formula is C21H41NO4. The van der Waals surface area contributed by atoms with Crippen LogP contribution in [-0.2, 0) is 14.3 Å². The van der Waals surface area contributed by atoms with Gasteiger partial charge in [0.2, 0.25) is 0 Å². The summed E-state index contributed by atoms with van der Waals surface area (Å²) in [6.07, 6.45) is 12.7. The largest absolute Gasteiger partial charge is 0.464 e. The second-order valence-corrected chi connectivity index (χ2v) is 7.08. The molecule has 0 saturated heterocycles. The van der Waals surface area contributed by atoms with E-state index in [2.05, 4.69) is 12.2 Å². The third-order valence-corrected chi connectivity index (χ3v) is 4.76. The van der Waals surface area contributed by atoms with Gasteiger partial charge in [-0.05, 0) is 19.3 Å². The highest BCUT2D eigenvalue weighted by Crippen LogP contribution is 2.12. The Labute approximate surface area is 160 Å². The highest BCUT2D eigenvalue weighted by Gasteiger charge is 2.27. The van der Waals surface area contributed by atoms with Crippen molar-refractivity contribution >= 4 is 12.1 Å². The van der Waals surface area contributed by atoms with Crippen LogP contribution in [0.5, 0.6) is 0 Å². The number of amides is 1. The second kappa shape index (κ2) is 17.2. The lowest BCUT2D eigenvalue weighted by atomic mass is 9.99. The lowest BCUT2D eigenvalue weighted by Gasteiger charge is -2.22. The van der Waals surface area contributed by atoms with Gasteiger partial charge >= 0.3 is 12.1 Å². The molecule has 0 spiro atoms. The number of hydrogen-bond acceptors (Lipinski definition) is 4. The molecule has 0 aromatic carbocycles. The molecule has 2 atom stereocenters. The Kier molecular flexibility index (Phi) is 16.3. The first kappa shape index (κ1) is 24.7. The summed E-state index contributed by atoms with van der Waals surface area (Å²) in [4.78, 5) is 23.8. The van der Waals surface area contributed by atoms with Crippen molar-refractivity contribution < 1.29 is 19.1 Å². The molecule has 1 amide bonds. The first-order chi connectivity index (χ1) is 12.6. The van der Waals surface area contributed by atoms with Crippen LogP contribution in [0.25, 0.3) is 0 Å². The molecule has 0 radical (unpaired) electrons. The van der Waals surface area contributed by atoms with E-state index in [4.69, 9.17) is 9.47 Å². The average molecular weight is 372 g/mol. The number of carbonyl (C=O) groups excluding carboxylic acids is 2. The number of carbonyl (C=O) groups is 2. The lowest BCUT2D eigenvalue weighted by Crippen LogP contribution is -2.46. The highest BCUT2D eigenvalue weighted by atomic mass is 16.6. The molecule has 1 N–H and O–H groups in total. The number of nitrogens with one attached hydrogen (secondary N) is 1. The Morgan fingerprint density at radius 3 is 1.85 bits per heavy atom. The SMILES string of the molecule is CCCCCCCCCCCCOC(=O)[C@@H](NC(=O)OCC)C(C)CC. The third-order valence-electron chi connectivity index (χ3n) is 4.76. The number of ether oxygens (including phenoxy) is 2. The maximum absolute atomic E-state index is 12.3. The summed E-state index contributed by atoms with van der Waals surface area (Å²) in [6.45, 7) is 8.60. The van der Waals surface area contributed by atoms with E-state index in [9.17, 15) is 9.59 Å². The Hall–Kier alpha value is -1.26. The molecule has 1 unspecified atom stereocenters. The Balaban J connectivity index is 3.83. The molecule has 0 fully saturated rings. The van der Waals surface area contributed by atoms with Gasteiger partial charge in [-0.2, -0.15) is 0 Å². The number of unbranched alkanes of at least 4 members (excludes halogenated alkanes) is 9. The van der Waals surface area contributed by atoms with Crippen molar-refractivity contribution in [3.63, 3.8) is 0 Å². The topological polar surface area (TPSA) is 64.6 Å². The number of esters is 1. The van der Waals surface area contributed by atoms with Crippen molar-refractivity contribution in [1.29, 1.82) is 0 Å². The summed E-state index contributed by atoms with van der Waals surface area (Å²) in [6, 6.07) is -0.637. The molecule has 0 aliphatic heterocycles. The van der Waals surface area contributed by atoms with Gasteiger partial charge in [0.1, 0.15) is 6.04 Å². The molecule has 0 aromatic rings. The summed E-state index contributed by atoms with van der Waals surface area (Å²) < 4.78 is 10.2. The zero-order valence-electron chi connectivity index (χ0n) is 17.5. The zero-order chi connectivity index (χ0) is 19.6. The zero-order valence-corrected chi connectivity index (χ0v) is 17.5. The molecule has 0 heterocycles.